The molecule has 1 amide bonds. The number of carbonyl (C=O) groups is 1. The van der Waals surface area contributed by atoms with Crippen LogP contribution in [-0.2, 0) is 10.0 Å². The summed E-state index contributed by atoms with van der Waals surface area (Å²) in [5.41, 5.74) is 0.548. The molecule has 0 spiro atoms. The number of aromatic amines is 1. The number of nitrogens with one attached hydrogen (secondary N) is 1. The molecule has 2 rings (SSSR count). The largest absolute Gasteiger partial charge is 0.357 e. The van der Waals surface area contributed by atoms with Crippen LogP contribution in [0.15, 0.2) is 18.3 Å². The van der Waals surface area contributed by atoms with E-state index < -0.39 is 10.0 Å². The maximum absolute atomic E-state index is 12.1. The summed E-state index contributed by atoms with van der Waals surface area (Å²) in [6, 6.07) is 3.51. The summed E-state index contributed by atoms with van der Waals surface area (Å²) in [7, 11) is -3.16. The van der Waals surface area contributed by atoms with Gasteiger partial charge in [-0.3, -0.25) is 4.79 Å². The smallest absolute Gasteiger partial charge is 0.270 e. The van der Waals surface area contributed by atoms with Crippen molar-refractivity contribution in [3.05, 3.63) is 24.0 Å². The molecule has 20 heavy (non-hydrogen) atoms. The van der Waals surface area contributed by atoms with Crippen LogP contribution in [0.1, 0.15) is 30.3 Å². The molecule has 1 aliphatic heterocycles. The predicted molar refractivity (Wildman–Crippen MR) is 77.0 cm³/mol. The fraction of sp³-hybridized carbons (Fsp3) is 0.615. The predicted octanol–water partition coefficient (Wildman–Crippen LogP) is 0.902. The molecule has 1 N–H and O–H groups in total. The highest BCUT2D eigenvalue weighted by atomic mass is 32.2. The lowest BCUT2D eigenvalue weighted by atomic mass is 10.3. The number of amides is 1. The fourth-order valence-electron chi connectivity index (χ4n) is 2.26. The first kappa shape index (κ1) is 15.1. The highest BCUT2D eigenvalue weighted by molar-refractivity contribution is 7.89. The average Bonchev–Trinajstić information content (AvgIpc) is 2.99. The van der Waals surface area contributed by atoms with E-state index in [1.807, 2.05) is 6.92 Å². The van der Waals surface area contributed by atoms with Gasteiger partial charge in [0.2, 0.25) is 10.0 Å². The van der Waals surface area contributed by atoms with Crippen LogP contribution in [0.25, 0.3) is 0 Å². The van der Waals surface area contributed by atoms with Crippen LogP contribution < -0.4 is 0 Å². The summed E-state index contributed by atoms with van der Waals surface area (Å²) in [5, 5.41) is 0. The summed E-state index contributed by atoms with van der Waals surface area (Å²) < 4.78 is 25.6. The van der Waals surface area contributed by atoms with Crippen molar-refractivity contribution in [3.8, 4) is 0 Å². The molecule has 0 radical (unpaired) electrons. The number of piperazine rings is 1. The fourth-order valence-corrected chi connectivity index (χ4v) is 3.89. The average molecular weight is 299 g/mol. The molecule has 1 saturated heterocycles. The molecular weight excluding hydrogens is 278 g/mol. The summed E-state index contributed by atoms with van der Waals surface area (Å²) >= 11 is 0. The van der Waals surface area contributed by atoms with Gasteiger partial charge in [0.1, 0.15) is 5.69 Å². The van der Waals surface area contributed by atoms with E-state index in [4.69, 9.17) is 0 Å². The van der Waals surface area contributed by atoms with Gasteiger partial charge in [0.15, 0.2) is 0 Å². The normalized spacial score (nSPS) is 17.4. The van der Waals surface area contributed by atoms with E-state index in [0.717, 1.165) is 6.42 Å². The van der Waals surface area contributed by atoms with Crippen LogP contribution in [0.5, 0.6) is 0 Å². The molecule has 0 aliphatic carbocycles. The maximum Gasteiger partial charge on any atom is 0.270 e. The molecular formula is C13H21N3O3S. The van der Waals surface area contributed by atoms with Gasteiger partial charge >= 0.3 is 0 Å². The Morgan fingerprint density at radius 1 is 1.30 bits per heavy atom. The van der Waals surface area contributed by atoms with Crippen LogP contribution >= 0.6 is 0 Å². The van der Waals surface area contributed by atoms with Crippen molar-refractivity contribution in [2.24, 2.45) is 0 Å². The standard InChI is InChI=1S/C13H21N3O3S/c1-2-3-11-20(18,19)16-9-7-15(8-10-16)13(17)12-5-4-6-14-12/h4-6,14H,2-3,7-11H2,1H3. The first-order valence-electron chi connectivity index (χ1n) is 6.95. The zero-order chi connectivity index (χ0) is 14.6. The Morgan fingerprint density at radius 3 is 2.55 bits per heavy atom. The van der Waals surface area contributed by atoms with E-state index in [-0.39, 0.29) is 11.7 Å². The number of carbonyl (C=O) groups excluding carboxylic acids is 1. The minimum absolute atomic E-state index is 0.0689. The third kappa shape index (κ3) is 3.40. The van der Waals surface area contributed by atoms with Crippen LogP contribution in [0.2, 0.25) is 0 Å². The second-order valence-electron chi connectivity index (χ2n) is 4.94. The number of sulfonamides is 1. The van der Waals surface area contributed by atoms with Crippen LogP contribution in [-0.4, -0.2) is 60.4 Å². The summed E-state index contributed by atoms with van der Waals surface area (Å²) in [5.74, 6) is 0.134. The quantitative estimate of drug-likeness (QED) is 0.878. The van der Waals surface area contributed by atoms with E-state index in [0.29, 0.717) is 38.3 Å². The van der Waals surface area contributed by atoms with E-state index >= 15 is 0 Å². The van der Waals surface area contributed by atoms with Crippen molar-refractivity contribution < 1.29 is 13.2 Å². The van der Waals surface area contributed by atoms with Crippen molar-refractivity contribution in [3.63, 3.8) is 0 Å². The van der Waals surface area contributed by atoms with Crippen molar-refractivity contribution in [2.75, 3.05) is 31.9 Å². The SMILES string of the molecule is CCCCS(=O)(=O)N1CCN(C(=O)c2ccc[nH]2)CC1. The van der Waals surface area contributed by atoms with E-state index in [1.165, 1.54) is 4.31 Å². The van der Waals surface area contributed by atoms with Crippen molar-refractivity contribution in [1.82, 2.24) is 14.2 Å². The number of hydrogen-bond donors (Lipinski definition) is 1. The molecule has 0 atom stereocenters. The van der Waals surface area contributed by atoms with Gasteiger partial charge in [-0.25, -0.2) is 8.42 Å². The van der Waals surface area contributed by atoms with Gasteiger partial charge in [0.25, 0.3) is 5.91 Å². The van der Waals surface area contributed by atoms with E-state index in [9.17, 15) is 13.2 Å². The van der Waals surface area contributed by atoms with Crippen LogP contribution in [0, 0.1) is 0 Å². The highest BCUT2D eigenvalue weighted by Gasteiger charge is 2.28. The van der Waals surface area contributed by atoms with Crippen molar-refractivity contribution >= 4 is 15.9 Å². The number of aromatic nitrogens is 1. The Morgan fingerprint density at radius 2 is 2.00 bits per heavy atom. The zero-order valence-electron chi connectivity index (χ0n) is 11.7. The van der Waals surface area contributed by atoms with Crippen LogP contribution in [0.4, 0.5) is 0 Å². The molecule has 6 nitrogen and oxygen atoms in total. The Labute approximate surface area is 119 Å². The van der Waals surface area contributed by atoms with Gasteiger partial charge in [0.05, 0.1) is 5.75 Å². The molecule has 7 heteroatoms. The highest BCUT2D eigenvalue weighted by Crippen LogP contribution is 2.12. The molecule has 0 unspecified atom stereocenters. The van der Waals surface area contributed by atoms with Gasteiger partial charge in [-0.15, -0.1) is 0 Å². The number of H-pyrrole nitrogens is 1. The Bertz CT molecular complexity index is 531. The lowest BCUT2D eigenvalue weighted by Crippen LogP contribution is -2.51. The third-order valence-corrected chi connectivity index (χ3v) is 5.46. The summed E-state index contributed by atoms with van der Waals surface area (Å²) in [6.45, 7) is 3.64. The number of rotatable bonds is 5. The third-order valence-electron chi connectivity index (χ3n) is 3.50. The van der Waals surface area contributed by atoms with E-state index in [2.05, 4.69) is 4.98 Å². The first-order valence-corrected chi connectivity index (χ1v) is 8.56. The molecule has 0 saturated carbocycles. The Kier molecular flexibility index (Phi) is 4.82. The monoisotopic (exact) mass is 299 g/mol. The maximum atomic E-state index is 12.1. The second-order valence-corrected chi connectivity index (χ2v) is 7.03. The first-order chi connectivity index (χ1) is 9.54. The van der Waals surface area contributed by atoms with Gasteiger partial charge in [-0.1, -0.05) is 13.3 Å². The van der Waals surface area contributed by atoms with Gasteiger partial charge < -0.3 is 9.88 Å². The molecule has 1 aromatic heterocycles. The number of nitrogens with zero attached hydrogens (tertiary/aromatic N) is 2. The molecule has 2 heterocycles. The Hall–Kier alpha value is -1.34. The number of unbranched alkanes of at least 4 members (excludes halogenated alkanes) is 1. The molecule has 1 aliphatic rings. The number of hydrogen-bond acceptors (Lipinski definition) is 3. The zero-order valence-corrected chi connectivity index (χ0v) is 12.5. The van der Waals surface area contributed by atoms with Gasteiger partial charge in [0, 0.05) is 32.4 Å². The minimum Gasteiger partial charge on any atom is -0.357 e. The molecule has 1 aromatic rings. The Balaban J connectivity index is 1.91. The molecule has 0 bridgehead atoms. The topological polar surface area (TPSA) is 73.5 Å². The second kappa shape index (κ2) is 6.41. The van der Waals surface area contributed by atoms with Gasteiger partial charge in [-0.05, 0) is 18.6 Å². The summed E-state index contributed by atoms with van der Waals surface area (Å²) in [6.07, 6.45) is 3.26. The molecule has 112 valence electrons. The lowest BCUT2D eigenvalue weighted by Gasteiger charge is -2.33. The van der Waals surface area contributed by atoms with Crippen LogP contribution in [0.3, 0.4) is 0 Å². The molecule has 1 fully saturated rings. The summed E-state index contributed by atoms with van der Waals surface area (Å²) in [4.78, 5) is 16.7. The van der Waals surface area contributed by atoms with Crippen molar-refractivity contribution in [2.45, 2.75) is 19.8 Å². The van der Waals surface area contributed by atoms with E-state index in [1.54, 1.807) is 23.2 Å². The van der Waals surface area contributed by atoms with Gasteiger partial charge in [-0.2, -0.15) is 4.31 Å². The lowest BCUT2D eigenvalue weighted by molar-refractivity contribution is 0.0692. The molecule has 0 aromatic carbocycles. The minimum atomic E-state index is -3.16. The van der Waals surface area contributed by atoms with Crippen molar-refractivity contribution in [1.29, 1.82) is 0 Å².